The number of carbonyl (C=O) groups is 1. The van der Waals surface area contributed by atoms with Crippen LogP contribution in [0, 0.1) is 13.8 Å². The van der Waals surface area contributed by atoms with Gasteiger partial charge in [0.1, 0.15) is 18.2 Å². The smallest absolute Gasteiger partial charge is 0.307 e. The van der Waals surface area contributed by atoms with Gasteiger partial charge in [-0.3, -0.25) is 4.79 Å². The van der Waals surface area contributed by atoms with Crippen LogP contribution in [-0.4, -0.2) is 45.4 Å². The summed E-state index contributed by atoms with van der Waals surface area (Å²) < 4.78 is 7.70. The molecule has 1 unspecified atom stereocenters. The van der Waals surface area contributed by atoms with Crippen LogP contribution < -0.4 is 10.1 Å². The van der Waals surface area contributed by atoms with Crippen molar-refractivity contribution < 1.29 is 19.7 Å². The third-order valence-electron chi connectivity index (χ3n) is 4.82. The predicted molar refractivity (Wildman–Crippen MR) is 142 cm³/mol. The maximum atomic E-state index is 10.7. The first-order valence-electron chi connectivity index (χ1n) is 10.0. The lowest BCUT2D eigenvalue weighted by Crippen LogP contribution is -2.26. The molecule has 3 rings (SSSR count). The molecule has 1 atom stereocenters. The number of aryl methyl sites for hydroxylation is 2. The van der Waals surface area contributed by atoms with Crippen LogP contribution in [0.4, 0.5) is 0 Å². The molecule has 0 aliphatic rings. The summed E-state index contributed by atoms with van der Waals surface area (Å²) in [4.78, 5) is 15.2. The fourth-order valence-corrected chi connectivity index (χ4v) is 3.23. The van der Waals surface area contributed by atoms with Crippen molar-refractivity contribution in [1.29, 1.82) is 0 Å². The zero-order valence-corrected chi connectivity index (χ0v) is 22.3. The lowest BCUT2D eigenvalue weighted by molar-refractivity contribution is -0.136. The minimum Gasteiger partial charge on any atom is -0.492 e. The molecule has 32 heavy (non-hydrogen) atoms. The summed E-state index contributed by atoms with van der Waals surface area (Å²) in [6.07, 6.45) is 1.05. The second-order valence-electron chi connectivity index (χ2n) is 7.18. The Morgan fingerprint density at radius 3 is 2.31 bits per heavy atom. The van der Waals surface area contributed by atoms with Crippen LogP contribution in [-0.2, 0) is 11.2 Å². The van der Waals surface area contributed by atoms with Crippen molar-refractivity contribution >= 4 is 43.2 Å². The summed E-state index contributed by atoms with van der Waals surface area (Å²) in [6, 6.07) is 14.9. The minimum absolute atomic E-state index is 0.000205. The molecule has 7 nitrogen and oxygen atoms in total. The van der Waals surface area contributed by atoms with Gasteiger partial charge in [-0.25, -0.2) is 4.98 Å². The molecule has 3 aromatic rings. The summed E-state index contributed by atoms with van der Waals surface area (Å²) in [5.74, 6) is 0.662. The predicted octanol–water partition coefficient (Wildman–Crippen LogP) is 4.59. The number of carboxylic acid groups (broad SMARTS) is 1. The molecule has 0 spiro atoms. The van der Waals surface area contributed by atoms with Crippen molar-refractivity contribution in [3.8, 4) is 11.6 Å². The third kappa shape index (κ3) is 8.01. The Balaban J connectivity index is 0.00000176. The molecule has 172 valence electrons. The molecule has 9 heteroatoms. The van der Waals surface area contributed by atoms with Crippen molar-refractivity contribution in [1.82, 2.24) is 14.9 Å². The van der Waals surface area contributed by atoms with Gasteiger partial charge in [-0.15, -0.1) is 0 Å². The average Bonchev–Trinajstić information content (AvgIpc) is 3.13. The molecule has 0 saturated heterocycles. The number of benzene rings is 1. The quantitative estimate of drug-likeness (QED) is 0.217. The molecule has 0 aliphatic heterocycles. The van der Waals surface area contributed by atoms with Crippen molar-refractivity contribution in [2.45, 2.75) is 26.4 Å². The number of aliphatic carboxylic acids is 1. The standard InChI is InChI=1S/C23H27N3O4.I2/c1-16-3-4-17(2)26(16)22-10-7-19(14-25-22)21(27)15-24-11-12-30-20-8-5-18(6-9-20)13-23(28)29;1-2/h3-10,14,21,24,27H,11-13,15H2,1-2H3,(H,28,29);. The maximum Gasteiger partial charge on any atom is 0.307 e. The molecular weight excluding hydrogens is 636 g/mol. The number of nitrogens with one attached hydrogen (secondary N) is 1. The molecule has 0 aliphatic carbocycles. The van der Waals surface area contributed by atoms with E-state index in [0.29, 0.717) is 25.4 Å². The highest BCUT2D eigenvalue weighted by atomic mass is 128. The van der Waals surface area contributed by atoms with Crippen LogP contribution in [0.25, 0.3) is 5.82 Å². The van der Waals surface area contributed by atoms with Gasteiger partial charge in [-0.1, -0.05) is 18.2 Å². The molecule has 0 amide bonds. The number of hydrogen-bond acceptors (Lipinski definition) is 5. The van der Waals surface area contributed by atoms with E-state index in [1.54, 1.807) is 30.5 Å². The van der Waals surface area contributed by atoms with Gasteiger partial charge in [-0.2, -0.15) is 0 Å². The Bertz CT molecular complexity index is 956. The summed E-state index contributed by atoms with van der Waals surface area (Å²) in [6.45, 7) is 5.47. The molecule has 0 saturated carbocycles. The highest BCUT2D eigenvalue weighted by Gasteiger charge is 2.10. The molecule has 2 aromatic heterocycles. The van der Waals surface area contributed by atoms with Gasteiger partial charge in [0.2, 0.25) is 0 Å². The third-order valence-corrected chi connectivity index (χ3v) is 4.82. The average molecular weight is 663 g/mol. The van der Waals surface area contributed by atoms with Gasteiger partial charge >= 0.3 is 5.97 Å². The fourth-order valence-electron chi connectivity index (χ4n) is 3.23. The number of rotatable bonds is 10. The number of halogens is 2. The van der Waals surface area contributed by atoms with Crippen molar-refractivity contribution in [2.24, 2.45) is 0 Å². The largest absolute Gasteiger partial charge is 0.492 e. The van der Waals surface area contributed by atoms with Crippen molar-refractivity contribution in [2.75, 3.05) is 19.7 Å². The van der Waals surface area contributed by atoms with Gasteiger partial charge < -0.3 is 24.8 Å². The van der Waals surface area contributed by atoms with E-state index in [4.69, 9.17) is 9.84 Å². The van der Waals surface area contributed by atoms with Gasteiger partial charge in [0.05, 0.1) is 12.5 Å². The van der Waals surface area contributed by atoms with Crippen LogP contribution in [0.2, 0.25) is 0 Å². The number of aromatic nitrogens is 2. The maximum absolute atomic E-state index is 10.7. The van der Waals surface area contributed by atoms with E-state index in [2.05, 4.69) is 64.2 Å². The van der Waals surface area contributed by atoms with Gasteiger partial charge in [-0.05, 0) is 49.7 Å². The van der Waals surface area contributed by atoms with Crippen molar-refractivity contribution in [3.05, 3.63) is 77.2 Å². The van der Waals surface area contributed by atoms with Crippen LogP contribution in [0.1, 0.15) is 28.6 Å². The Kier molecular flexibility index (Phi) is 11.4. The van der Waals surface area contributed by atoms with Crippen molar-refractivity contribution in [3.63, 3.8) is 0 Å². The molecule has 2 heterocycles. The second kappa shape index (κ2) is 13.8. The van der Waals surface area contributed by atoms with Crippen LogP contribution in [0.3, 0.4) is 0 Å². The lowest BCUT2D eigenvalue weighted by Gasteiger charge is -2.14. The number of aliphatic hydroxyl groups is 1. The zero-order valence-electron chi connectivity index (χ0n) is 18.0. The summed E-state index contributed by atoms with van der Waals surface area (Å²) in [7, 11) is 0. The second-order valence-corrected chi connectivity index (χ2v) is 7.18. The SMILES string of the molecule is Cc1ccc(C)n1-c1ccc(C(O)CNCCOc2ccc(CC(=O)O)cc2)cn1.II. The van der Waals surface area contributed by atoms with E-state index in [9.17, 15) is 9.90 Å². The van der Waals surface area contributed by atoms with E-state index in [0.717, 1.165) is 28.3 Å². The summed E-state index contributed by atoms with van der Waals surface area (Å²) >= 11 is 4.24. The normalized spacial score (nSPS) is 11.4. The summed E-state index contributed by atoms with van der Waals surface area (Å²) in [5, 5.41) is 22.3. The molecule has 0 bridgehead atoms. The molecular formula is C23H27I2N3O4. The number of carboxylic acids is 1. The first-order valence-corrected chi connectivity index (χ1v) is 16.3. The zero-order chi connectivity index (χ0) is 23.5. The van der Waals surface area contributed by atoms with Crippen LogP contribution in [0.15, 0.2) is 54.7 Å². The van der Waals surface area contributed by atoms with E-state index in [1.165, 1.54) is 0 Å². The van der Waals surface area contributed by atoms with E-state index >= 15 is 0 Å². The Labute approximate surface area is 211 Å². The minimum atomic E-state index is -0.855. The first-order chi connectivity index (χ1) is 15.4. The monoisotopic (exact) mass is 663 g/mol. The molecule has 0 fully saturated rings. The van der Waals surface area contributed by atoms with Crippen LogP contribution in [0.5, 0.6) is 5.75 Å². The van der Waals surface area contributed by atoms with Gasteiger partial charge in [0.15, 0.2) is 0 Å². The number of pyridine rings is 1. The summed E-state index contributed by atoms with van der Waals surface area (Å²) in [5.41, 5.74) is 3.72. The fraction of sp³-hybridized carbons (Fsp3) is 0.304. The van der Waals surface area contributed by atoms with E-state index in [-0.39, 0.29) is 6.42 Å². The van der Waals surface area contributed by atoms with E-state index in [1.807, 2.05) is 26.0 Å². The number of ether oxygens (including phenoxy) is 1. The molecule has 0 radical (unpaired) electrons. The van der Waals surface area contributed by atoms with Crippen LogP contribution >= 0.6 is 37.2 Å². The Morgan fingerprint density at radius 2 is 1.75 bits per heavy atom. The number of nitrogens with zero attached hydrogens (tertiary/aromatic N) is 2. The Morgan fingerprint density at radius 1 is 1.09 bits per heavy atom. The molecule has 3 N–H and O–H groups in total. The number of aliphatic hydroxyl groups excluding tert-OH is 1. The highest BCUT2D eigenvalue weighted by molar-refractivity contribution is 15.0. The van der Waals surface area contributed by atoms with Gasteiger partial charge in [0.25, 0.3) is 0 Å². The first kappa shape index (κ1) is 26.6. The lowest BCUT2D eigenvalue weighted by atomic mass is 10.1. The number of hydrogen-bond donors (Lipinski definition) is 3. The Hall–Kier alpha value is -1.70. The van der Waals surface area contributed by atoms with Gasteiger partial charge in [0, 0.05) is 73.5 Å². The topological polar surface area (TPSA) is 96.6 Å². The highest BCUT2D eigenvalue weighted by Crippen LogP contribution is 2.17. The van der Waals surface area contributed by atoms with E-state index < -0.39 is 12.1 Å². The molecule has 1 aromatic carbocycles.